The average molecular weight is 311 g/mol. The van der Waals surface area contributed by atoms with Crippen molar-refractivity contribution in [2.24, 2.45) is 10.5 Å². The Labute approximate surface area is 136 Å². The van der Waals surface area contributed by atoms with Crippen molar-refractivity contribution in [1.29, 1.82) is 0 Å². The van der Waals surface area contributed by atoms with Crippen LogP contribution in [0.15, 0.2) is 41.5 Å². The summed E-state index contributed by atoms with van der Waals surface area (Å²) in [5.74, 6) is -0.0261. The molecule has 0 aromatic heterocycles. The van der Waals surface area contributed by atoms with E-state index in [1.807, 2.05) is 32.0 Å². The number of allylic oxidation sites excluding steroid dienone is 2. The Morgan fingerprint density at radius 2 is 2.17 bits per heavy atom. The molecule has 1 aliphatic carbocycles. The van der Waals surface area contributed by atoms with Crippen molar-refractivity contribution in [2.75, 3.05) is 10.3 Å². The summed E-state index contributed by atoms with van der Waals surface area (Å²) in [7, 11) is 0. The van der Waals surface area contributed by atoms with Crippen LogP contribution in [-0.4, -0.2) is 17.5 Å². The first-order valence-electron chi connectivity index (χ1n) is 7.91. The molecule has 1 aliphatic heterocycles. The molecule has 1 N–H and O–H groups in total. The fraction of sp³-hybridized carbons (Fsp3) is 0.389. The van der Waals surface area contributed by atoms with E-state index in [-0.39, 0.29) is 17.2 Å². The summed E-state index contributed by atoms with van der Waals surface area (Å²) in [6.45, 7) is 3.83. The van der Waals surface area contributed by atoms with Crippen molar-refractivity contribution < 1.29 is 9.59 Å². The number of hydrazone groups is 1. The zero-order chi connectivity index (χ0) is 16.4. The highest BCUT2D eigenvalue weighted by Crippen LogP contribution is 2.34. The molecule has 1 atom stereocenters. The summed E-state index contributed by atoms with van der Waals surface area (Å²) in [4.78, 5) is 24.5. The predicted molar refractivity (Wildman–Crippen MR) is 91.4 cm³/mol. The molecule has 5 nitrogen and oxygen atoms in total. The van der Waals surface area contributed by atoms with E-state index in [0.29, 0.717) is 17.8 Å². The number of amides is 2. The molecule has 0 saturated carbocycles. The van der Waals surface area contributed by atoms with Gasteiger partial charge in [0, 0.05) is 11.4 Å². The topological polar surface area (TPSA) is 61.8 Å². The molecular formula is C18H21N3O2. The first-order chi connectivity index (χ1) is 11.0. The Morgan fingerprint density at radius 3 is 2.83 bits per heavy atom. The van der Waals surface area contributed by atoms with Gasteiger partial charge in [0.15, 0.2) is 0 Å². The van der Waals surface area contributed by atoms with Crippen LogP contribution in [0.3, 0.4) is 0 Å². The number of carbonyl (C=O) groups excluding carboxylic acids is 2. The molecule has 0 bridgehead atoms. The molecule has 0 spiro atoms. The number of rotatable bonds is 3. The van der Waals surface area contributed by atoms with Gasteiger partial charge in [0.25, 0.3) is 5.91 Å². The second-order valence-electron chi connectivity index (χ2n) is 6.50. The van der Waals surface area contributed by atoms with E-state index in [1.54, 1.807) is 6.07 Å². The Hall–Kier alpha value is -2.43. The highest BCUT2D eigenvalue weighted by molar-refractivity contribution is 6.12. The molecule has 0 fully saturated rings. The summed E-state index contributed by atoms with van der Waals surface area (Å²) >= 11 is 0. The van der Waals surface area contributed by atoms with Gasteiger partial charge in [-0.25, -0.2) is 5.01 Å². The van der Waals surface area contributed by atoms with E-state index in [2.05, 4.69) is 22.6 Å². The highest BCUT2D eigenvalue weighted by atomic mass is 16.2. The average Bonchev–Trinajstić information content (AvgIpc) is 2.87. The van der Waals surface area contributed by atoms with Crippen molar-refractivity contribution in [3.05, 3.63) is 36.4 Å². The number of nitrogens with one attached hydrogen (secondary N) is 1. The minimum absolute atomic E-state index is 0.0198. The van der Waals surface area contributed by atoms with Crippen LogP contribution in [0.4, 0.5) is 11.4 Å². The van der Waals surface area contributed by atoms with Crippen LogP contribution in [0.5, 0.6) is 0 Å². The van der Waals surface area contributed by atoms with Gasteiger partial charge in [0.1, 0.15) is 0 Å². The molecule has 2 aliphatic rings. The van der Waals surface area contributed by atoms with Crippen LogP contribution in [-0.2, 0) is 9.59 Å². The van der Waals surface area contributed by atoms with Crippen molar-refractivity contribution in [2.45, 2.75) is 39.5 Å². The Balaban J connectivity index is 1.77. The summed E-state index contributed by atoms with van der Waals surface area (Å²) in [5, 5.41) is 8.62. The maximum atomic E-state index is 12.6. The minimum Gasteiger partial charge on any atom is -0.326 e. The standard InChI is InChI=1S/C18H21N3O2/c1-13-11-16(22)21(20-13)15-8-6-7-14(12-15)19-17(23)18(2)9-4-3-5-10-18/h3-4,6-8,12H,5,9-11H2,1-2H3,(H,19,23). The zero-order valence-corrected chi connectivity index (χ0v) is 13.5. The maximum absolute atomic E-state index is 12.6. The van der Waals surface area contributed by atoms with Crippen molar-refractivity contribution >= 4 is 28.9 Å². The van der Waals surface area contributed by atoms with Crippen LogP contribution in [0.2, 0.25) is 0 Å². The molecule has 23 heavy (non-hydrogen) atoms. The van der Waals surface area contributed by atoms with Crippen LogP contribution in [0.1, 0.15) is 39.5 Å². The Kier molecular flexibility index (Phi) is 4.03. The van der Waals surface area contributed by atoms with E-state index in [9.17, 15) is 9.59 Å². The molecule has 0 radical (unpaired) electrons. The SMILES string of the molecule is CC1=NN(c2cccc(NC(=O)C3(C)CC=CCC3)c2)C(=O)C1. The second kappa shape index (κ2) is 5.99. The first-order valence-corrected chi connectivity index (χ1v) is 7.91. The van der Waals surface area contributed by atoms with Crippen LogP contribution in [0, 0.1) is 5.41 Å². The van der Waals surface area contributed by atoms with Gasteiger partial charge in [0.2, 0.25) is 5.91 Å². The molecule has 1 heterocycles. The predicted octanol–water partition coefficient (Wildman–Crippen LogP) is 3.48. The molecule has 120 valence electrons. The van der Waals surface area contributed by atoms with E-state index in [1.165, 1.54) is 5.01 Å². The van der Waals surface area contributed by atoms with Crippen LogP contribution < -0.4 is 10.3 Å². The normalized spacial score (nSPS) is 23.8. The molecule has 2 amide bonds. The quantitative estimate of drug-likeness (QED) is 0.869. The number of nitrogens with zero attached hydrogens (tertiary/aromatic N) is 2. The van der Waals surface area contributed by atoms with Gasteiger partial charge in [-0.05, 0) is 44.4 Å². The van der Waals surface area contributed by atoms with Crippen molar-refractivity contribution in [3.8, 4) is 0 Å². The number of hydrogen-bond acceptors (Lipinski definition) is 3. The molecular weight excluding hydrogens is 290 g/mol. The lowest BCUT2D eigenvalue weighted by molar-refractivity contribution is -0.125. The second-order valence-corrected chi connectivity index (χ2v) is 6.50. The molecule has 3 rings (SSSR count). The molecule has 1 unspecified atom stereocenters. The fourth-order valence-electron chi connectivity index (χ4n) is 2.93. The van der Waals surface area contributed by atoms with Gasteiger partial charge < -0.3 is 5.32 Å². The summed E-state index contributed by atoms with van der Waals surface area (Å²) in [6.07, 6.45) is 7.08. The van der Waals surface area contributed by atoms with Crippen molar-refractivity contribution in [1.82, 2.24) is 0 Å². The number of carbonyl (C=O) groups is 2. The van der Waals surface area contributed by atoms with Crippen LogP contribution >= 0.6 is 0 Å². The van der Waals surface area contributed by atoms with E-state index >= 15 is 0 Å². The van der Waals surface area contributed by atoms with E-state index in [4.69, 9.17) is 0 Å². The third kappa shape index (κ3) is 3.18. The molecule has 1 aromatic rings. The lowest BCUT2D eigenvalue weighted by atomic mass is 9.78. The summed E-state index contributed by atoms with van der Waals surface area (Å²) in [6, 6.07) is 7.27. The first kappa shape index (κ1) is 15.5. The number of benzene rings is 1. The molecule has 5 heteroatoms. The van der Waals surface area contributed by atoms with Gasteiger partial charge in [-0.1, -0.05) is 25.1 Å². The molecule has 0 saturated heterocycles. The lowest BCUT2D eigenvalue weighted by Gasteiger charge is -2.29. The Bertz CT molecular complexity index is 708. The van der Waals surface area contributed by atoms with Gasteiger partial charge in [-0.2, -0.15) is 5.10 Å². The smallest absolute Gasteiger partial charge is 0.253 e. The van der Waals surface area contributed by atoms with E-state index in [0.717, 1.165) is 25.0 Å². The van der Waals surface area contributed by atoms with E-state index < -0.39 is 0 Å². The zero-order valence-electron chi connectivity index (χ0n) is 13.5. The van der Waals surface area contributed by atoms with Crippen LogP contribution in [0.25, 0.3) is 0 Å². The van der Waals surface area contributed by atoms with Gasteiger partial charge in [-0.15, -0.1) is 0 Å². The van der Waals surface area contributed by atoms with Crippen molar-refractivity contribution in [3.63, 3.8) is 0 Å². The fourth-order valence-corrected chi connectivity index (χ4v) is 2.93. The third-order valence-corrected chi connectivity index (χ3v) is 4.41. The summed E-state index contributed by atoms with van der Waals surface area (Å²) in [5.41, 5.74) is 1.79. The Morgan fingerprint density at radius 1 is 1.35 bits per heavy atom. The van der Waals surface area contributed by atoms with Gasteiger partial charge >= 0.3 is 0 Å². The number of hydrogen-bond donors (Lipinski definition) is 1. The maximum Gasteiger partial charge on any atom is 0.253 e. The monoisotopic (exact) mass is 311 g/mol. The molecule has 1 aromatic carbocycles. The highest BCUT2D eigenvalue weighted by Gasteiger charge is 2.33. The lowest BCUT2D eigenvalue weighted by Crippen LogP contribution is -2.34. The number of anilines is 2. The third-order valence-electron chi connectivity index (χ3n) is 4.41. The van der Waals surface area contributed by atoms with Gasteiger partial charge in [-0.3, -0.25) is 9.59 Å². The van der Waals surface area contributed by atoms with Gasteiger partial charge in [0.05, 0.1) is 17.5 Å². The largest absolute Gasteiger partial charge is 0.326 e. The minimum atomic E-state index is -0.372. The summed E-state index contributed by atoms with van der Waals surface area (Å²) < 4.78 is 0.